The third kappa shape index (κ3) is 11.4. The van der Waals surface area contributed by atoms with Gasteiger partial charge in [0.2, 0.25) is 0 Å². The number of benzene rings is 4. The highest BCUT2D eigenvalue weighted by atomic mass is 16.6. The highest BCUT2D eigenvalue weighted by molar-refractivity contribution is 5.84. The fourth-order valence-electron chi connectivity index (χ4n) is 13.9. The Hall–Kier alpha value is -5.61. The zero-order chi connectivity index (χ0) is 51.0. The minimum absolute atomic E-state index is 0.132. The summed E-state index contributed by atoms with van der Waals surface area (Å²) in [4.78, 5) is 38.1. The number of methoxy groups -OCH3 is 2. The second kappa shape index (κ2) is 23.1. The number of hydrogen-bond donors (Lipinski definition) is 2. The molecule has 4 aliphatic carbocycles. The topological polar surface area (TPSA) is 130 Å². The van der Waals surface area contributed by atoms with Crippen LogP contribution in [0.2, 0.25) is 0 Å². The first kappa shape index (κ1) is 52.7. The largest absolute Gasteiger partial charge is 0.497 e. The summed E-state index contributed by atoms with van der Waals surface area (Å²) in [7, 11) is 3.25. The van der Waals surface area contributed by atoms with E-state index in [-0.39, 0.29) is 37.4 Å². The summed E-state index contributed by atoms with van der Waals surface area (Å²) in [6.07, 6.45) is 14.0. The summed E-state index contributed by atoms with van der Waals surface area (Å²) >= 11 is 0. The van der Waals surface area contributed by atoms with E-state index < -0.39 is 29.7 Å². The molecule has 8 rings (SSSR count). The maximum Gasteiger partial charge on any atom is 0.411 e. The Morgan fingerprint density at radius 2 is 1.39 bits per heavy atom. The number of fused-ring (bicyclic) bond motifs is 5. The lowest BCUT2D eigenvalue weighted by Crippen LogP contribution is -2.51. The van der Waals surface area contributed by atoms with Gasteiger partial charge in [0.15, 0.2) is 0 Å². The molecule has 10 heteroatoms. The number of rotatable bonds is 21. The Labute approximate surface area is 428 Å². The van der Waals surface area contributed by atoms with Crippen LogP contribution in [0.5, 0.6) is 11.5 Å². The number of allylic oxidation sites excluding steroid dienone is 1. The molecule has 72 heavy (non-hydrogen) atoms. The van der Waals surface area contributed by atoms with Crippen molar-refractivity contribution >= 4 is 23.7 Å². The fraction of sp³-hybridized carbons (Fsp3) is 0.532. The van der Waals surface area contributed by atoms with E-state index in [9.17, 15) is 19.5 Å². The molecule has 3 fully saturated rings. The maximum absolute atomic E-state index is 13.5. The lowest BCUT2D eigenvalue weighted by Gasteiger charge is -2.58. The van der Waals surface area contributed by atoms with Gasteiger partial charge in [-0.3, -0.25) is 14.9 Å². The van der Waals surface area contributed by atoms with Gasteiger partial charge in [0, 0.05) is 18.5 Å². The molecule has 0 heterocycles. The van der Waals surface area contributed by atoms with Crippen molar-refractivity contribution in [1.82, 2.24) is 0 Å². The number of hydrogen-bond acceptors (Lipinski definition) is 8. The van der Waals surface area contributed by atoms with Gasteiger partial charge in [0.25, 0.3) is 0 Å². The van der Waals surface area contributed by atoms with Crippen molar-refractivity contribution in [2.45, 2.75) is 142 Å². The van der Waals surface area contributed by atoms with Gasteiger partial charge in [-0.1, -0.05) is 132 Å². The van der Waals surface area contributed by atoms with E-state index in [1.807, 2.05) is 91.0 Å². The molecular weight excluding hydrogens is 903 g/mol. The van der Waals surface area contributed by atoms with Gasteiger partial charge in [0.1, 0.15) is 29.3 Å². The molecule has 10 nitrogen and oxygen atoms in total. The first-order chi connectivity index (χ1) is 34.7. The monoisotopic (exact) mass is 982 g/mol. The van der Waals surface area contributed by atoms with Crippen LogP contribution in [-0.2, 0) is 29.4 Å². The summed E-state index contributed by atoms with van der Waals surface area (Å²) in [5, 5.41) is 12.3. The van der Waals surface area contributed by atoms with Gasteiger partial charge in [-0.2, -0.15) is 0 Å². The van der Waals surface area contributed by atoms with E-state index in [2.05, 4.69) is 46.0 Å². The Morgan fingerprint density at radius 1 is 0.736 bits per heavy atom. The average molecular weight is 982 g/mol. The number of esters is 1. The molecule has 0 radical (unpaired) electrons. The van der Waals surface area contributed by atoms with E-state index in [1.165, 1.54) is 50.5 Å². The molecular formula is C62H79NO9. The second-order valence-electron chi connectivity index (χ2n) is 22.3. The molecule has 1 amide bonds. The van der Waals surface area contributed by atoms with Crippen LogP contribution in [0.25, 0.3) is 0 Å². The summed E-state index contributed by atoms with van der Waals surface area (Å²) in [6.45, 7) is 12.5. The van der Waals surface area contributed by atoms with E-state index in [0.717, 1.165) is 72.0 Å². The number of anilines is 1. The summed E-state index contributed by atoms with van der Waals surface area (Å²) < 4.78 is 30.3. The number of amides is 1. The summed E-state index contributed by atoms with van der Waals surface area (Å²) in [5.74, 6) is 4.35. The molecule has 3 saturated carbocycles. The van der Waals surface area contributed by atoms with Crippen LogP contribution in [0.15, 0.2) is 115 Å². The molecule has 0 bridgehead atoms. The van der Waals surface area contributed by atoms with Crippen LogP contribution in [-0.4, -0.2) is 50.1 Å². The molecule has 4 aromatic rings. The smallest absolute Gasteiger partial charge is 0.411 e. The van der Waals surface area contributed by atoms with Crippen LogP contribution in [0, 0.1) is 46.3 Å². The standard InChI is InChI=1S/C62H79NO9/c1-41(2)12-11-13-42(3)53-30-31-54-52-29-22-47-40-51(34-37-60(47,4)55(52)35-38-61(53,54)5)71-59(67)63-48-23-16-43(17-24-48)56(72-58(66)33-32-57(64)65)36-39-70-62(44-14-9-8-10-15-44,45-18-25-49(68-6)26-19-45)46-20-27-50(69-7)28-21-46/h8-10,14-28,41-42,51-56H,11-13,29-40H2,1-7H3,(H,63,67)(H,64,65)/t42-,51+,52+,53-,54+,55+,56?,60+,61-/m1/s1. The molecule has 0 aromatic heterocycles. The normalized spacial score (nSPS) is 25.4. The second-order valence-corrected chi connectivity index (χ2v) is 22.3. The van der Waals surface area contributed by atoms with Crippen molar-refractivity contribution in [3.8, 4) is 11.5 Å². The molecule has 0 spiro atoms. The number of carboxylic acids is 1. The van der Waals surface area contributed by atoms with Gasteiger partial charge in [0.05, 0.1) is 33.7 Å². The van der Waals surface area contributed by atoms with Crippen molar-refractivity contribution in [3.63, 3.8) is 0 Å². The number of nitrogens with one attached hydrogen (secondary N) is 1. The molecule has 386 valence electrons. The van der Waals surface area contributed by atoms with Crippen LogP contribution in [0.1, 0.15) is 153 Å². The zero-order valence-corrected chi connectivity index (χ0v) is 43.8. The SMILES string of the molecule is COc1ccc(C(OCCC(OC(=O)CCC(=O)O)c2ccc(NC(=O)O[C@H]3CC[C@@]4(C)C(=CC[C@H]5[C@@H]6CC[C@H]([C@H](C)CCCC(C)C)[C@@]6(C)CC[C@@H]54)C3)cc2)(c2ccccc2)c2ccc(OC)cc2)cc1. The lowest BCUT2D eigenvalue weighted by molar-refractivity contribution is -0.153. The van der Waals surface area contributed by atoms with Gasteiger partial charge >= 0.3 is 18.0 Å². The number of carbonyl (C=O) groups excluding carboxylic acids is 2. The Balaban J connectivity index is 0.929. The number of ether oxygens (including phenoxy) is 5. The highest BCUT2D eigenvalue weighted by Crippen LogP contribution is 2.67. The molecule has 2 N–H and O–H groups in total. The first-order valence-corrected chi connectivity index (χ1v) is 26.8. The van der Waals surface area contributed by atoms with Crippen LogP contribution in [0.3, 0.4) is 0 Å². The molecule has 0 saturated heterocycles. The van der Waals surface area contributed by atoms with Crippen molar-refractivity contribution in [2.24, 2.45) is 46.3 Å². The Kier molecular flexibility index (Phi) is 16.9. The molecule has 0 aliphatic heterocycles. The van der Waals surface area contributed by atoms with Crippen LogP contribution in [0.4, 0.5) is 10.5 Å². The number of carboxylic acid groups (broad SMARTS) is 1. The van der Waals surface area contributed by atoms with E-state index >= 15 is 0 Å². The predicted molar refractivity (Wildman–Crippen MR) is 282 cm³/mol. The number of carbonyl (C=O) groups is 3. The summed E-state index contributed by atoms with van der Waals surface area (Å²) in [5.41, 5.74) is 4.81. The third-order valence-corrected chi connectivity index (χ3v) is 17.8. The van der Waals surface area contributed by atoms with Gasteiger partial charge in [-0.15, -0.1) is 0 Å². The lowest BCUT2D eigenvalue weighted by atomic mass is 9.47. The average Bonchev–Trinajstić information content (AvgIpc) is 3.74. The molecule has 1 unspecified atom stereocenters. The quantitative estimate of drug-likeness (QED) is 0.0476. The van der Waals surface area contributed by atoms with Gasteiger partial charge in [-0.25, -0.2) is 4.79 Å². The Morgan fingerprint density at radius 3 is 2.01 bits per heavy atom. The van der Waals surface area contributed by atoms with Gasteiger partial charge in [-0.05, 0) is 150 Å². The fourth-order valence-corrected chi connectivity index (χ4v) is 13.9. The predicted octanol–water partition coefficient (Wildman–Crippen LogP) is 14.5. The Bertz CT molecular complexity index is 2420. The van der Waals surface area contributed by atoms with Crippen molar-refractivity contribution in [1.29, 1.82) is 0 Å². The maximum atomic E-state index is 13.5. The van der Waals surface area contributed by atoms with Crippen LogP contribution < -0.4 is 14.8 Å². The minimum Gasteiger partial charge on any atom is -0.497 e. The third-order valence-electron chi connectivity index (χ3n) is 17.8. The van der Waals surface area contributed by atoms with Crippen LogP contribution >= 0.6 is 0 Å². The van der Waals surface area contributed by atoms with Crippen molar-refractivity contribution in [2.75, 3.05) is 26.1 Å². The minimum atomic E-state index is -1.10. The van der Waals surface area contributed by atoms with Crippen molar-refractivity contribution in [3.05, 3.63) is 137 Å². The van der Waals surface area contributed by atoms with E-state index in [0.29, 0.717) is 34.1 Å². The molecule has 4 aromatic carbocycles. The van der Waals surface area contributed by atoms with Gasteiger partial charge < -0.3 is 28.8 Å². The van der Waals surface area contributed by atoms with Crippen molar-refractivity contribution < 1.29 is 43.2 Å². The highest BCUT2D eigenvalue weighted by Gasteiger charge is 2.59. The van der Waals surface area contributed by atoms with E-state index in [4.69, 9.17) is 23.7 Å². The summed E-state index contributed by atoms with van der Waals surface area (Å²) in [6, 6.07) is 32.6. The molecule has 4 aliphatic rings. The van der Waals surface area contributed by atoms with E-state index in [1.54, 1.807) is 26.4 Å². The zero-order valence-electron chi connectivity index (χ0n) is 43.8. The first-order valence-electron chi connectivity index (χ1n) is 26.8. The molecule has 9 atom stereocenters. The number of aliphatic carboxylic acids is 1.